The monoisotopic (exact) mass is 434 g/mol. The Morgan fingerprint density at radius 2 is 1.87 bits per heavy atom. The molecule has 0 fully saturated rings. The summed E-state index contributed by atoms with van der Waals surface area (Å²) in [6.45, 7) is 1.79. The van der Waals surface area contributed by atoms with Crippen molar-refractivity contribution in [2.24, 2.45) is 0 Å². The summed E-state index contributed by atoms with van der Waals surface area (Å²) in [5, 5.41) is 3.96. The molecule has 3 aromatic rings. The van der Waals surface area contributed by atoms with Gasteiger partial charge >= 0.3 is 12.6 Å². The highest BCUT2D eigenvalue weighted by molar-refractivity contribution is 6.00. The second-order valence-electron chi connectivity index (χ2n) is 6.66. The fraction of sp³-hybridized carbons (Fsp3) is 0.286. The summed E-state index contributed by atoms with van der Waals surface area (Å²) in [7, 11) is 1.25. The van der Waals surface area contributed by atoms with Crippen LogP contribution < -0.4 is 9.47 Å². The van der Waals surface area contributed by atoms with Crippen molar-refractivity contribution in [3.8, 4) is 17.3 Å². The van der Waals surface area contributed by atoms with Crippen molar-refractivity contribution in [3.63, 3.8) is 0 Å². The van der Waals surface area contributed by atoms with Gasteiger partial charge in [-0.05, 0) is 45.0 Å². The molecule has 0 saturated heterocycles. The second kappa shape index (κ2) is 8.99. The number of methoxy groups -OCH3 is 1. The van der Waals surface area contributed by atoms with Crippen LogP contribution in [-0.4, -0.2) is 41.8 Å². The lowest BCUT2D eigenvalue weighted by Crippen LogP contribution is -2.15. The minimum atomic E-state index is -3.04. The second-order valence-corrected chi connectivity index (χ2v) is 6.66. The van der Waals surface area contributed by atoms with Crippen molar-refractivity contribution in [1.29, 1.82) is 0 Å². The molecule has 0 N–H and O–H groups in total. The van der Waals surface area contributed by atoms with Gasteiger partial charge in [0.25, 0.3) is 0 Å². The number of hydrogen-bond donors (Lipinski definition) is 0. The van der Waals surface area contributed by atoms with Gasteiger partial charge in [0.2, 0.25) is 5.78 Å². The fourth-order valence-corrected chi connectivity index (χ4v) is 3.14. The minimum Gasteiger partial charge on any atom is -0.493 e. The molecule has 8 nitrogen and oxygen atoms in total. The fourth-order valence-electron chi connectivity index (χ4n) is 3.14. The minimum absolute atomic E-state index is 0.0230. The number of aromatic nitrogens is 2. The molecule has 31 heavy (non-hydrogen) atoms. The van der Waals surface area contributed by atoms with Gasteiger partial charge in [-0.25, -0.2) is 4.79 Å². The van der Waals surface area contributed by atoms with Crippen LogP contribution in [0.2, 0.25) is 0 Å². The van der Waals surface area contributed by atoms with Crippen LogP contribution in [0.3, 0.4) is 0 Å². The zero-order valence-corrected chi connectivity index (χ0v) is 17.3. The average molecular weight is 434 g/mol. The first-order valence-corrected chi connectivity index (χ1v) is 9.17. The van der Waals surface area contributed by atoms with E-state index >= 15 is 0 Å². The predicted octanol–water partition coefficient (Wildman–Crippen LogP) is 4.04. The predicted molar refractivity (Wildman–Crippen MR) is 104 cm³/mol. The Labute approximate surface area is 176 Å². The lowest BCUT2D eigenvalue weighted by molar-refractivity contribution is -0.0512. The molecular weight excluding hydrogens is 414 g/mol. The molecule has 164 valence electrons. The van der Waals surface area contributed by atoms with Gasteiger partial charge in [-0.2, -0.15) is 8.78 Å². The first-order chi connectivity index (χ1) is 14.7. The SMILES string of the molecule is COc1cc(C(=O)OCC(=O)c2cc(C)n(-c3cc(C)on3)c2C)ccc1OC(F)F. The summed E-state index contributed by atoms with van der Waals surface area (Å²) < 4.78 is 46.1. The molecule has 2 heterocycles. The summed E-state index contributed by atoms with van der Waals surface area (Å²) in [6, 6.07) is 7.02. The highest BCUT2D eigenvalue weighted by atomic mass is 19.3. The van der Waals surface area contributed by atoms with Crippen molar-refractivity contribution in [2.75, 3.05) is 13.7 Å². The number of halogens is 2. The van der Waals surface area contributed by atoms with Gasteiger partial charge in [-0.15, -0.1) is 0 Å². The van der Waals surface area contributed by atoms with Crippen LogP contribution in [0, 0.1) is 20.8 Å². The van der Waals surface area contributed by atoms with E-state index < -0.39 is 25.0 Å². The average Bonchev–Trinajstić information content (AvgIpc) is 3.27. The zero-order valence-electron chi connectivity index (χ0n) is 17.3. The standard InChI is InChI=1S/C21H20F2N2O6/c1-11-7-15(13(3)25(11)19-8-12(2)31-24-19)16(26)10-29-20(27)14-5-6-17(30-21(22)23)18(9-14)28-4/h5-9,21H,10H2,1-4H3. The summed E-state index contributed by atoms with van der Waals surface area (Å²) in [5.41, 5.74) is 1.79. The number of nitrogens with zero attached hydrogens (tertiary/aromatic N) is 2. The molecule has 0 radical (unpaired) electrons. The Balaban J connectivity index is 1.72. The van der Waals surface area contributed by atoms with Gasteiger partial charge in [-0.3, -0.25) is 9.36 Å². The third kappa shape index (κ3) is 4.73. The van der Waals surface area contributed by atoms with Gasteiger partial charge in [0.1, 0.15) is 5.76 Å². The van der Waals surface area contributed by atoms with E-state index in [0.29, 0.717) is 22.8 Å². The first-order valence-electron chi connectivity index (χ1n) is 9.17. The summed E-state index contributed by atoms with van der Waals surface area (Å²) in [5.74, 6) is -0.326. The van der Waals surface area contributed by atoms with Crippen LogP contribution >= 0.6 is 0 Å². The van der Waals surface area contributed by atoms with Gasteiger partial charge in [0.15, 0.2) is 23.9 Å². The van der Waals surface area contributed by atoms with E-state index in [1.807, 2.05) is 6.92 Å². The van der Waals surface area contributed by atoms with Crippen molar-refractivity contribution in [2.45, 2.75) is 27.4 Å². The van der Waals surface area contributed by atoms with E-state index in [4.69, 9.17) is 14.0 Å². The number of benzene rings is 1. The summed E-state index contributed by atoms with van der Waals surface area (Å²) in [4.78, 5) is 25.0. The maximum Gasteiger partial charge on any atom is 0.387 e. The van der Waals surface area contributed by atoms with E-state index in [0.717, 1.165) is 11.8 Å². The highest BCUT2D eigenvalue weighted by Crippen LogP contribution is 2.29. The Hall–Kier alpha value is -3.69. The van der Waals surface area contributed by atoms with E-state index in [2.05, 4.69) is 9.89 Å². The lowest BCUT2D eigenvalue weighted by atomic mass is 10.1. The molecule has 0 saturated carbocycles. The molecule has 0 aliphatic rings. The van der Waals surface area contributed by atoms with E-state index in [-0.39, 0.29) is 17.1 Å². The Morgan fingerprint density at radius 3 is 2.48 bits per heavy atom. The number of alkyl halides is 2. The smallest absolute Gasteiger partial charge is 0.387 e. The third-order valence-corrected chi connectivity index (χ3v) is 4.53. The number of esters is 1. The van der Waals surface area contributed by atoms with Gasteiger partial charge in [-0.1, -0.05) is 5.16 Å². The Bertz CT molecular complexity index is 1120. The molecule has 0 spiro atoms. The topological polar surface area (TPSA) is 92.8 Å². The third-order valence-electron chi connectivity index (χ3n) is 4.53. The van der Waals surface area contributed by atoms with E-state index in [9.17, 15) is 18.4 Å². The van der Waals surface area contributed by atoms with Crippen LogP contribution in [0.15, 0.2) is 34.9 Å². The first kappa shape index (κ1) is 22.0. The molecule has 10 heteroatoms. The van der Waals surface area contributed by atoms with Gasteiger partial charge in [0, 0.05) is 23.0 Å². The highest BCUT2D eigenvalue weighted by Gasteiger charge is 2.21. The molecule has 0 aliphatic carbocycles. The summed E-state index contributed by atoms with van der Waals surface area (Å²) >= 11 is 0. The number of Topliss-reactive ketones (excluding diaryl/α,β-unsaturated/α-hetero) is 1. The van der Waals surface area contributed by atoms with Crippen LogP contribution in [-0.2, 0) is 4.74 Å². The number of carbonyl (C=O) groups excluding carboxylic acids is 2. The number of rotatable bonds is 8. The Morgan fingerprint density at radius 1 is 1.13 bits per heavy atom. The lowest BCUT2D eigenvalue weighted by Gasteiger charge is -2.11. The number of hydrogen-bond acceptors (Lipinski definition) is 7. The maximum absolute atomic E-state index is 12.6. The molecule has 2 aromatic heterocycles. The van der Waals surface area contributed by atoms with Gasteiger partial charge in [0.05, 0.1) is 12.7 Å². The maximum atomic E-state index is 12.6. The van der Waals surface area contributed by atoms with Crippen molar-refractivity contribution in [3.05, 3.63) is 58.6 Å². The van der Waals surface area contributed by atoms with Crippen LogP contribution in [0.4, 0.5) is 8.78 Å². The molecular formula is C21H20F2N2O6. The van der Waals surface area contributed by atoms with Crippen LogP contribution in [0.25, 0.3) is 5.82 Å². The quantitative estimate of drug-likeness (QED) is 0.390. The van der Waals surface area contributed by atoms with Crippen LogP contribution in [0.1, 0.15) is 37.9 Å². The Kier molecular flexibility index (Phi) is 6.38. The molecule has 3 rings (SSSR count). The largest absolute Gasteiger partial charge is 0.493 e. The normalized spacial score (nSPS) is 10.9. The molecule has 1 aromatic carbocycles. The number of carbonyl (C=O) groups is 2. The van der Waals surface area contributed by atoms with E-state index in [1.54, 1.807) is 30.5 Å². The zero-order chi connectivity index (χ0) is 22.7. The summed E-state index contributed by atoms with van der Waals surface area (Å²) in [6.07, 6.45) is 0. The number of ketones is 1. The number of aryl methyl sites for hydroxylation is 2. The van der Waals surface area contributed by atoms with Crippen LogP contribution in [0.5, 0.6) is 11.5 Å². The van der Waals surface area contributed by atoms with Gasteiger partial charge < -0.3 is 18.7 Å². The van der Waals surface area contributed by atoms with Crippen molar-refractivity contribution < 1.29 is 37.1 Å². The molecule has 0 atom stereocenters. The molecule has 0 unspecified atom stereocenters. The van der Waals surface area contributed by atoms with Crippen molar-refractivity contribution >= 4 is 11.8 Å². The number of ether oxygens (including phenoxy) is 3. The molecule has 0 amide bonds. The van der Waals surface area contributed by atoms with E-state index in [1.165, 1.54) is 19.2 Å². The molecule has 0 bridgehead atoms. The molecule has 0 aliphatic heterocycles. The van der Waals surface area contributed by atoms with Crippen molar-refractivity contribution in [1.82, 2.24) is 9.72 Å².